The number of ether oxygens (including phenoxy) is 3. The maximum Gasteiger partial charge on any atom is 0.348 e. The molecule has 0 amide bonds. The number of nitriles is 1. The third kappa shape index (κ3) is 9.11. The molecule has 0 saturated heterocycles. The topological polar surface area (TPSA) is 188 Å². The van der Waals surface area contributed by atoms with Crippen LogP contribution in [0.3, 0.4) is 0 Å². The molecule has 14 nitrogen and oxygen atoms in total. The molecule has 0 aliphatic heterocycles. The van der Waals surface area contributed by atoms with Gasteiger partial charge in [0.15, 0.2) is 0 Å². The highest BCUT2D eigenvalue weighted by atomic mass is 16.5. The quantitative estimate of drug-likeness (QED) is 0.0558. The fourth-order valence-corrected chi connectivity index (χ4v) is 6.17. The third-order valence-electron chi connectivity index (χ3n) is 9.15. The fourth-order valence-electron chi connectivity index (χ4n) is 6.17. The van der Waals surface area contributed by atoms with E-state index in [1.807, 2.05) is 92.7 Å². The highest BCUT2D eigenvalue weighted by Crippen LogP contribution is 2.31. The molecule has 0 aliphatic carbocycles. The van der Waals surface area contributed by atoms with Gasteiger partial charge in [-0.2, -0.15) is 5.26 Å². The number of aromatic hydroxyl groups is 2. The summed E-state index contributed by atoms with van der Waals surface area (Å²) >= 11 is 0. The van der Waals surface area contributed by atoms with Gasteiger partial charge in [-0.15, -0.1) is 30.0 Å². The van der Waals surface area contributed by atoms with Crippen molar-refractivity contribution in [3.05, 3.63) is 160 Å². The second-order valence-corrected chi connectivity index (χ2v) is 13.5. The van der Waals surface area contributed by atoms with Gasteiger partial charge in [0.25, 0.3) is 0 Å². The summed E-state index contributed by atoms with van der Waals surface area (Å²) in [4.78, 5) is 25.1. The summed E-state index contributed by atoms with van der Waals surface area (Å²) in [5.41, 5.74) is 8.20. The molecule has 0 atom stereocenters. The number of phenols is 2. The predicted octanol–water partition coefficient (Wildman–Crippen LogP) is 7.92. The number of rotatable bonds is 11. The van der Waals surface area contributed by atoms with Crippen molar-refractivity contribution in [1.82, 2.24) is 30.0 Å². The molecule has 60 heavy (non-hydrogen) atoms. The number of aryl methyl sites for hydroxylation is 2. The molecular weight excluding hydrogens is 763 g/mol. The van der Waals surface area contributed by atoms with E-state index in [0.717, 1.165) is 39.5 Å². The molecule has 8 rings (SSSR count). The van der Waals surface area contributed by atoms with Crippen LogP contribution < -0.4 is 9.47 Å². The Labute approximate surface area is 343 Å². The van der Waals surface area contributed by atoms with Crippen molar-refractivity contribution in [1.29, 1.82) is 5.26 Å². The van der Waals surface area contributed by atoms with E-state index in [-0.39, 0.29) is 30.3 Å². The first-order chi connectivity index (χ1) is 29.1. The van der Waals surface area contributed by atoms with Crippen LogP contribution in [0, 0.1) is 25.2 Å². The number of hydrogen-bond donors (Lipinski definition) is 2. The normalized spacial score (nSPS) is 11.1. The zero-order valence-electron chi connectivity index (χ0n) is 32.7. The van der Waals surface area contributed by atoms with Crippen molar-refractivity contribution in [2.45, 2.75) is 27.1 Å². The molecule has 14 heteroatoms. The Morgan fingerprint density at radius 2 is 1.05 bits per heavy atom. The van der Waals surface area contributed by atoms with E-state index in [1.54, 1.807) is 48.5 Å². The largest absolute Gasteiger partial charge is 0.505 e. The molecule has 0 bridgehead atoms. The predicted molar refractivity (Wildman–Crippen MR) is 223 cm³/mol. The molecule has 0 fully saturated rings. The van der Waals surface area contributed by atoms with Crippen LogP contribution in [0.15, 0.2) is 127 Å². The lowest BCUT2D eigenvalue weighted by atomic mass is 10.1. The summed E-state index contributed by atoms with van der Waals surface area (Å²) in [6.07, 6.45) is 2.22. The van der Waals surface area contributed by atoms with Gasteiger partial charge < -0.3 is 24.4 Å². The summed E-state index contributed by atoms with van der Waals surface area (Å²) in [5, 5.41) is 48.4. The van der Waals surface area contributed by atoms with E-state index < -0.39 is 5.97 Å². The average Bonchev–Trinajstić information content (AvgIpc) is 3.91. The van der Waals surface area contributed by atoms with Gasteiger partial charge in [0.05, 0.1) is 7.11 Å². The summed E-state index contributed by atoms with van der Waals surface area (Å²) in [7, 11) is 1.22. The number of methoxy groups -OCH3 is 1. The Morgan fingerprint density at radius 3 is 1.42 bits per heavy atom. The molecule has 6 aromatic carbocycles. The molecule has 2 N–H and O–H groups in total. The van der Waals surface area contributed by atoms with E-state index in [2.05, 4.69) is 25.1 Å². The van der Waals surface area contributed by atoms with E-state index in [4.69, 9.17) is 14.7 Å². The standard InChI is InChI=1S/C25H20N4O4.C21H17N3O3/c1-16-11-19(24(30)23(12-16)29-27-21-5-3-4-6-22(21)28-29)15-33-20-9-7-17(8-10-20)13-18(14-26)25(31)32-2;1-14-10-16(13-27-17-8-6-15(12-25)7-9-17)21(26)20(11-14)24-22-18-4-2-3-5-19(18)23-24/h3-13,30H,15H2,1-2H3;2-12,26H,13H2,1H3/b18-13+;. The van der Waals surface area contributed by atoms with Crippen molar-refractivity contribution in [3.8, 4) is 40.4 Å². The number of carbonyl (C=O) groups is 2. The van der Waals surface area contributed by atoms with Crippen molar-refractivity contribution in [2.24, 2.45) is 0 Å². The van der Waals surface area contributed by atoms with Crippen molar-refractivity contribution >= 4 is 40.4 Å². The second kappa shape index (κ2) is 17.9. The SMILES string of the molecule is COC(=O)/C(C#N)=C/c1ccc(OCc2cc(C)cc(-n3nc4ccccc4n3)c2O)cc1.Cc1cc(COc2ccc(C=O)cc2)c(O)c(-n2nc3ccccc3n2)c1. The number of esters is 1. The van der Waals surface area contributed by atoms with Gasteiger partial charge in [0.1, 0.15) is 87.6 Å². The van der Waals surface area contributed by atoms with Crippen molar-refractivity contribution in [2.75, 3.05) is 7.11 Å². The first-order valence-corrected chi connectivity index (χ1v) is 18.5. The number of fused-ring (bicyclic) bond motifs is 2. The molecule has 0 unspecified atom stereocenters. The summed E-state index contributed by atoms with van der Waals surface area (Å²) in [6.45, 7) is 4.17. The Balaban J connectivity index is 0.000000185. The number of nitrogens with zero attached hydrogens (tertiary/aromatic N) is 7. The first kappa shape index (κ1) is 39.9. The molecule has 2 heterocycles. The Hall–Kier alpha value is -8.31. The number of aldehydes is 1. The Kier molecular flexibility index (Phi) is 11.9. The maximum absolute atomic E-state index is 11.5. The van der Waals surface area contributed by atoms with Crippen LogP contribution >= 0.6 is 0 Å². The van der Waals surface area contributed by atoms with Gasteiger partial charge in [-0.3, -0.25) is 4.79 Å². The average molecular weight is 800 g/mol. The van der Waals surface area contributed by atoms with Gasteiger partial charge in [0.2, 0.25) is 0 Å². The molecule has 2 aromatic heterocycles. The van der Waals surface area contributed by atoms with Crippen LogP contribution in [-0.2, 0) is 22.7 Å². The minimum atomic E-state index is -0.692. The van der Waals surface area contributed by atoms with Crippen LogP contribution in [0.4, 0.5) is 0 Å². The lowest BCUT2D eigenvalue weighted by molar-refractivity contribution is -0.135. The van der Waals surface area contributed by atoms with Gasteiger partial charge in [-0.25, -0.2) is 4.79 Å². The third-order valence-corrected chi connectivity index (χ3v) is 9.15. The molecule has 0 aliphatic rings. The number of benzene rings is 6. The molecule has 8 aromatic rings. The maximum atomic E-state index is 11.5. The van der Waals surface area contributed by atoms with Crippen LogP contribution in [0.5, 0.6) is 23.0 Å². The molecule has 0 radical (unpaired) electrons. The zero-order chi connectivity index (χ0) is 42.2. The fraction of sp³-hybridized carbons (Fsp3) is 0.109. The minimum Gasteiger partial charge on any atom is -0.505 e. The number of aromatic nitrogens is 6. The van der Waals surface area contributed by atoms with Crippen molar-refractivity contribution in [3.63, 3.8) is 0 Å². The summed E-state index contributed by atoms with van der Waals surface area (Å²) in [5.74, 6) is 0.603. The number of hydrogen-bond acceptors (Lipinski definition) is 12. The summed E-state index contributed by atoms with van der Waals surface area (Å²) < 4.78 is 16.2. The van der Waals surface area contributed by atoms with E-state index >= 15 is 0 Å². The summed E-state index contributed by atoms with van der Waals surface area (Å²) in [6, 6.07) is 37.9. The molecule has 0 saturated carbocycles. The van der Waals surface area contributed by atoms with Gasteiger partial charge in [0, 0.05) is 16.7 Å². The smallest absolute Gasteiger partial charge is 0.348 e. The lowest BCUT2D eigenvalue weighted by Gasteiger charge is -2.12. The van der Waals surface area contributed by atoms with Crippen molar-refractivity contribution < 1.29 is 34.0 Å². The van der Waals surface area contributed by atoms with Crippen LogP contribution in [0.25, 0.3) is 39.5 Å². The zero-order valence-corrected chi connectivity index (χ0v) is 32.7. The highest BCUT2D eigenvalue weighted by Gasteiger charge is 2.16. The molecular formula is C46H37N7O7. The Bertz CT molecular complexity index is 2850. The second-order valence-electron chi connectivity index (χ2n) is 13.5. The number of phenolic OH excluding ortho intramolecular Hbond substituents is 2. The van der Waals surface area contributed by atoms with Crippen LogP contribution in [0.1, 0.15) is 38.2 Å². The first-order valence-electron chi connectivity index (χ1n) is 18.5. The van der Waals surface area contributed by atoms with E-state index in [9.17, 15) is 19.8 Å². The Morgan fingerprint density at radius 1 is 0.650 bits per heavy atom. The number of carbonyl (C=O) groups excluding carboxylic acids is 2. The van der Waals surface area contributed by atoms with Gasteiger partial charge in [-0.1, -0.05) is 36.4 Å². The highest BCUT2D eigenvalue weighted by molar-refractivity contribution is 5.97. The van der Waals surface area contributed by atoms with Gasteiger partial charge >= 0.3 is 5.97 Å². The van der Waals surface area contributed by atoms with E-state index in [0.29, 0.717) is 45.1 Å². The van der Waals surface area contributed by atoms with E-state index in [1.165, 1.54) is 22.8 Å². The molecule has 0 spiro atoms. The van der Waals surface area contributed by atoms with Crippen LogP contribution in [0.2, 0.25) is 0 Å². The minimum absolute atomic E-state index is 0.0391. The lowest BCUT2D eigenvalue weighted by Crippen LogP contribution is -2.04. The van der Waals surface area contributed by atoms with Gasteiger partial charge in [-0.05, 0) is 122 Å². The van der Waals surface area contributed by atoms with Crippen LogP contribution in [-0.4, -0.2) is 59.6 Å². The molecule has 298 valence electrons. The monoisotopic (exact) mass is 799 g/mol.